The van der Waals surface area contributed by atoms with Crippen molar-refractivity contribution in [2.24, 2.45) is 0 Å². The number of carboxylic acids is 1. The van der Waals surface area contributed by atoms with E-state index in [-0.39, 0.29) is 5.91 Å². The van der Waals surface area contributed by atoms with Crippen molar-refractivity contribution >= 4 is 23.2 Å². The zero-order valence-corrected chi connectivity index (χ0v) is 13.3. The highest BCUT2D eigenvalue weighted by atomic mass is 32.1. The number of carbonyl (C=O) groups excluding carboxylic acids is 1. The Kier molecular flexibility index (Phi) is 5.27. The van der Waals surface area contributed by atoms with Crippen molar-refractivity contribution < 1.29 is 14.7 Å². The number of amides is 1. The van der Waals surface area contributed by atoms with E-state index < -0.39 is 12.0 Å². The molecule has 22 heavy (non-hydrogen) atoms. The molecule has 0 radical (unpaired) electrons. The number of carboxylic acid groups (broad SMARTS) is 1. The van der Waals surface area contributed by atoms with E-state index in [0.717, 1.165) is 16.3 Å². The van der Waals surface area contributed by atoms with Gasteiger partial charge in [-0.05, 0) is 25.5 Å². The lowest BCUT2D eigenvalue weighted by atomic mass is 10.1. The van der Waals surface area contributed by atoms with Crippen LogP contribution < -0.4 is 5.32 Å². The molecule has 0 saturated heterocycles. The minimum atomic E-state index is -1.01. The predicted molar refractivity (Wildman–Crippen MR) is 86.1 cm³/mol. The van der Waals surface area contributed by atoms with Gasteiger partial charge in [0.2, 0.25) is 0 Å². The molecule has 0 aliphatic heterocycles. The van der Waals surface area contributed by atoms with E-state index in [1.165, 1.54) is 0 Å². The van der Waals surface area contributed by atoms with Crippen LogP contribution in [-0.4, -0.2) is 28.0 Å². The van der Waals surface area contributed by atoms with Crippen LogP contribution in [0.5, 0.6) is 0 Å². The summed E-state index contributed by atoms with van der Waals surface area (Å²) in [6, 6.07) is 6.20. The number of rotatable bonds is 6. The van der Waals surface area contributed by atoms with Crippen molar-refractivity contribution in [3.05, 3.63) is 40.2 Å². The largest absolute Gasteiger partial charge is 0.480 e. The number of carbonyl (C=O) groups is 2. The summed E-state index contributed by atoms with van der Waals surface area (Å²) >= 11 is 1.55. The number of nitrogens with one attached hydrogen (secondary N) is 1. The number of aryl methyl sites for hydroxylation is 1. The van der Waals surface area contributed by atoms with E-state index in [0.29, 0.717) is 18.4 Å². The third kappa shape index (κ3) is 3.92. The van der Waals surface area contributed by atoms with E-state index in [4.69, 9.17) is 5.11 Å². The van der Waals surface area contributed by atoms with Gasteiger partial charge in [0.25, 0.3) is 5.91 Å². The Bertz CT molecular complexity index is 682. The van der Waals surface area contributed by atoms with Crippen molar-refractivity contribution in [2.45, 2.75) is 32.7 Å². The summed E-state index contributed by atoms with van der Waals surface area (Å²) in [4.78, 5) is 27.7. The van der Waals surface area contributed by atoms with Gasteiger partial charge in [0.1, 0.15) is 6.04 Å². The maximum Gasteiger partial charge on any atom is 0.326 e. The first-order valence-electron chi connectivity index (χ1n) is 7.07. The van der Waals surface area contributed by atoms with Gasteiger partial charge in [-0.1, -0.05) is 25.5 Å². The highest BCUT2D eigenvalue weighted by Gasteiger charge is 2.19. The molecule has 0 aliphatic rings. The predicted octanol–water partition coefficient (Wildman–Crippen LogP) is 3.10. The van der Waals surface area contributed by atoms with Crippen LogP contribution in [0.4, 0.5) is 0 Å². The molecule has 1 aromatic heterocycles. The number of hydrogen-bond acceptors (Lipinski definition) is 4. The zero-order valence-electron chi connectivity index (χ0n) is 12.5. The summed E-state index contributed by atoms with van der Waals surface area (Å²) in [5.41, 5.74) is 2.10. The smallest absolute Gasteiger partial charge is 0.326 e. The maximum atomic E-state index is 12.2. The molecule has 0 saturated carbocycles. The minimum Gasteiger partial charge on any atom is -0.480 e. The van der Waals surface area contributed by atoms with Gasteiger partial charge >= 0.3 is 5.97 Å². The van der Waals surface area contributed by atoms with E-state index in [9.17, 15) is 9.59 Å². The fourth-order valence-electron chi connectivity index (χ4n) is 2.10. The van der Waals surface area contributed by atoms with Crippen LogP contribution in [0.15, 0.2) is 29.6 Å². The molecule has 1 heterocycles. The van der Waals surface area contributed by atoms with Crippen molar-refractivity contribution in [3.63, 3.8) is 0 Å². The van der Waals surface area contributed by atoms with Crippen LogP contribution >= 0.6 is 11.3 Å². The molecule has 2 aromatic rings. The number of benzene rings is 1. The average Bonchev–Trinajstić information content (AvgIpc) is 2.93. The number of aliphatic carboxylic acids is 1. The van der Waals surface area contributed by atoms with E-state index in [1.807, 2.05) is 25.3 Å². The Morgan fingerprint density at radius 3 is 2.77 bits per heavy atom. The lowest BCUT2D eigenvalue weighted by molar-refractivity contribution is -0.139. The Morgan fingerprint density at radius 2 is 2.18 bits per heavy atom. The topological polar surface area (TPSA) is 79.3 Å². The van der Waals surface area contributed by atoms with Gasteiger partial charge in [-0.2, -0.15) is 0 Å². The fourth-order valence-corrected chi connectivity index (χ4v) is 2.73. The Balaban J connectivity index is 2.18. The molecule has 0 spiro atoms. The van der Waals surface area contributed by atoms with Crippen LogP contribution in [0.25, 0.3) is 11.3 Å². The van der Waals surface area contributed by atoms with Gasteiger partial charge in [-0.25, -0.2) is 9.78 Å². The molecule has 116 valence electrons. The van der Waals surface area contributed by atoms with Gasteiger partial charge in [0.15, 0.2) is 0 Å². The summed E-state index contributed by atoms with van der Waals surface area (Å²) in [7, 11) is 0. The second-order valence-corrected chi connectivity index (χ2v) is 6.05. The van der Waals surface area contributed by atoms with Gasteiger partial charge in [0.05, 0.1) is 10.7 Å². The van der Waals surface area contributed by atoms with Crippen LogP contribution in [0.1, 0.15) is 35.1 Å². The van der Waals surface area contributed by atoms with Crippen LogP contribution in [0.3, 0.4) is 0 Å². The van der Waals surface area contributed by atoms with Gasteiger partial charge in [-0.3, -0.25) is 4.79 Å². The molecule has 2 rings (SSSR count). The SMILES string of the molecule is CCCC(NC(=O)c1cccc(-c2csc(C)n2)c1)C(=O)O. The van der Waals surface area contributed by atoms with E-state index >= 15 is 0 Å². The van der Waals surface area contributed by atoms with Crippen LogP contribution in [-0.2, 0) is 4.79 Å². The first kappa shape index (κ1) is 16.2. The number of hydrogen-bond donors (Lipinski definition) is 2. The Labute approximate surface area is 133 Å². The molecule has 1 amide bonds. The second kappa shape index (κ2) is 7.17. The first-order chi connectivity index (χ1) is 10.5. The van der Waals surface area contributed by atoms with Crippen LogP contribution in [0, 0.1) is 6.92 Å². The van der Waals surface area contributed by atoms with Crippen molar-refractivity contribution in [2.75, 3.05) is 0 Å². The molecular formula is C16H18N2O3S. The van der Waals surface area contributed by atoms with Crippen molar-refractivity contribution in [1.29, 1.82) is 0 Å². The normalized spacial score (nSPS) is 11.9. The quantitative estimate of drug-likeness (QED) is 0.857. The second-order valence-electron chi connectivity index (χ2n) is 4.99. The van der Waals surface area contributed by atoms with E-state index in [2.05, 4.69) is 10.3 Å². The molecular weight excluding hydrogens is 300 g/mol. The average molecular weight is 318 g/mol. The van der Waals surface area contributed by atoms with E-state index in [1.54, 1.807) is 29.5 Å². The highest BCUT2D eigenvalue weighted by Crippen LogP contribution is 2.22. The van der Waals surface area contributed by atoms with Gasteiger partial charge < -0.3 is 10.4 Å². The summed E-state index contributed by atoms with van der Waals surface area (Å²) < 4.78 is 0. The molecule has 5 nitrogen and oxygen atoms in total. The molecule has 1 aromatic carbocycles. The molecule has 0 bridgehead atoms. The van der Waals surface area contributed by atoms with Gasteiger partial charge in [0, 0.05) is 16.5 Å². The molecule has 0 aliphatic carbocycles. The number of thiazole rings is 1. The highest BCUT2D eigenvalue weighted by molar-refractivity contribution is 7.09. The van der Waals surface area contributed by atoms with Crippen LogP contribution in [0.2, 0.25) is 0 Å². The number of nitrogens with zero attached hydrogens (tertiary/aromatic N) is 1. The molecule has 0 fully saturated rings. The van der Waals surface area contributed by atoms with Crippen molar-refractivity contribution in [3.8, 4) is 11.3 Å². The minimum absolute atomic E-state index is 0.380. The summed E-state index contributed by atoms with van der Waals surface area (Å²) in [6.45, 7) is 3.81. The Hall–Kier alpha value is -2.21. The molecule has 6 heteroatoms. The summed E-state index contributed by atoms with van der Waals surface area (Å²) in [5.74, 6) is -1.39. The monoisotopic (exact) mass is 318 g/mol. The lowest BCUT2D eigenvalue weighted by Crippen LogP contribution is -2.40. The number of aromatic nitrogens is 1. The van der Waals surface area contributed by atoms with Crippen molar-refractivity contribution in [1.82, 2.24) is 10.3 Å². The third-order valence-corrected chi connectivity index (χ3v) is 3.99. The summed E-state index contributed by atoms with van der Waals surface area (Å²) in [6.07, 6.45) is 1.10. The molecule has 2 N–H and O–H groups in total. The first-order valence-corrected chi connectivity index (χ1v) is 7.95. The lowest BCUT2D eigenvalue weighted by Gasteiger charge is -2.13. The zero-order chi connectivity index (χ0) is 16.1. The standard InChI is InChI=1S/C16H18N2O3S/c1-3-5-13(16(20)21)18-15(19)12-7-4-6-11(8-12)14-9-22-10(2)17-14/h4,6-9,13H,3,5H2,1-2H3,(H,18,19)(H,20,21). The Morgan fingerprint density at radius 1 is 1.41 bits per heavy atom. The summed E-state index contributed by atoms with van der Waals surface area (Å²) in [5, 5.41) is 14.6. The maximum absolute atomic E-state index is 12.2. The fraction of sp³-hybridized carbons (Fsp3) is 0.312. The van der Waals surface area contributed by atoms with Gasteiger partial charge in [-0.15, -0.1) is 11.3 Å². The molecule has 1 atom stereocenters. The molecule has 1 unspecified atom stereocenters. The third-order valence-electron chi connectivity index (χ3n) is 3.22.